The second-order valence-corrected chi connectivity index (χ2v) is 7.65. The molecule has 1 aromatic rings. The molecule has 1 amide bonds. The van der Waals surface area contributed by atoms with Crippen LogP contribution in [0.15, 0.2) is 10.6 Å². The highest BCUT2D eigenvalue weighted by atomic mass is 16.5. The second kappa shape index (κ2) is 8.01. The molecular weight excluding hydrogens is 334 g/mol. The fourth-order valence-corrected chi connectivity index (χ4v) is 3.96. The van der Waals surface area contributed by atoms with Crippen LogP contribution in [0, 0.1) is 11.8 Å². The van der Waals surface area contributed by atoms with Gasteiger partial charge in [0.2, 0.25) is 5.91 Å². The Labute approximate surface area is 153 Å². The van der Waals surface area contributed by atoms with Crippen LogP contribution in [0.3, 0.4) is 0 Å². The first-order valence-corrected chi connectivity index (χ1v) is 9.47. The van der Waals surface area contributed by atoms with Crippen LogP contribution < -0.4 is 4.90 Å². The van der Waals surface area contributed by atoms with Gasteiger partial charge < -0.3 is 23.9 Å². The third kappa shape index (κ3) is 3.66. The van der Waals surface area contributed by atoms with Gasteiger partial charge in [-0.05, 0) is 31.6 Å². The van der Waals surface area contributed by atoms with Crippen LogP contribution in [-0.4, -0.2) is 54.2 Å². The molecule has 2 unspecified atom stereocenters. The van der Waals surface area contributed by atoms with E-state index >= 15 is 0 Å². The molecule has 142 valence electrons. The summed E-state index contributed by atoms with van der Waals surface area (Å²) in [6.07, 6.45) is 5.10. The third-order valence-electron chi connectivity index (χ3n) is 5.55. The maximum Gasteiger partial charge on any atom is 0.234 e. The highest BCUT2D eigenvalue weighted by Crippen LogP contribution is 2.32. The summed E-state index contributed by atoms with van der Waals surface area (Å²) < 4.78 is 5.55. The van der Waals surface area contributed by atoms with Gasteiger partial charge in [0.05, 0.1) is 6.04 Å². The van der Waals surface area contributed by atoms with Gasteiger partial charge in [-0.15, -0.1) is 0 Å². The number of aromatic nitrogens is 1. The van der Waals surface area contributed by atoms with Crippen LogP contribution in [-0.2, 0) is 14.4 Å². The van der Waals surface area contributed by atoms with Gasteiger partial charge in [-0.2, -0.15) is 0 Å². The van der Waals surface area contributed by atoms with Crippen molar-refractivity contribution in [1.29, 1.82) is 0 Å². The summed E-state index contributed by atoms with van der Waals surface area (Å²) in [6, 6.07) is 1.52. The minimum atomic E-state index is -0.440. The van der Waals surface area contributed by atoms with Gasteiger partial charge in [0.15, 0.2) is 11.6 Å². The number of amides is 1. The standard InChI is InChI=1S/C19H27N3O4/c1-13(2)18(19(25)22-7-3-4-15(22)12-24)16-10-17(20-26-16)21-8-5-14(11-23)6-9-21/h10-15,18H,3-9H2,1-2H3. The summed E-state index contributed by atoms with van der Waals surface area (Å²) in [5.41, 5.74) is 0. The molecule has 2 atom stereocenters. The van der Waals surface area contributed by atoms with Crippen LogP contribution >= 0.6 is 0 Å². The minimum absolute atomic E-state index is 0.0389. The molecule has 2 aliphatic rings. The van der Waals surface area contributed by atoms with E-state index in [2.05, 4.69) is 10.1 Å². The van der Waals surface area contributed by atoms with Crippen molar-refractivity contribution in [3.05, 3.63) is 11.8 Å². The van der Waals surface area contributed by atoms with E-state index in [1.807, 2.05) is 19.9 Å². The Hall–Kier alpha value is -2.18. The van der Waals surface area contributed by atoms with Gasteiger partial charge in [0.1, 0.15) is 18.5 Å². The van der Waals surface area contributed by atoms with Crippen molar-refractivity contribution in [2.45, 2.75) is 51.5 Å². The van der Waals surface area contributed by atoms with Gasteiger partial charge in [-0.1, -0.05) is 19.0 Å². The molecule has 0 N–H and O–H groups in total. The first-order valence-electron chi connectivity index (χ1n) is 9.47. The monoisotopic (exact) mass is 361 g/mol. The van der Waals surface area contributed by atoms with Crippen molar-refractivity contribution in [1.82, 2.24) is 10.1 Å². The highest BCUT2D eigenvalue weighted by molar-refractivity contribution is 5.86. The van der Waals surface area contributed by atoms with Crippen molar-refractivity contribution in [3.63, 3.8) is 0 Å². The normalized spacial score (nSPS) is 22.7. The van der Waals surface area contributed by atoms with E-state index in [1.54, 1.807) is 4.90 Å². The SMILES string of the molecule is CC(C)C(C(=O)N1CCCC1C=O)c1cc(N2CCC(C=O)CC2)no1. The molecule has 7 nitrogen and oxygen atoms in total. The van der Waals surface area contributed by atoms with Crippen molar-refractivity contribution in [2.75, 3.05) is 24.5 Å². The molecule has 0 saturated carbocycles. The topological polar surface area (TPSA) is 83.7 Å². The zero-order valence-corrected chi connectivity index (χ0v) is 15.5. The van der Waals surface area contributed by atoms with Crippen molar-refractivity contribution in [3.8, 4) is 0 Å². The summed E-state index contributed by atoms with van der Waals surface area (Å²) in [6.45, 7) is 6.09. The van der Waals surface area contributed by atoms with Crippen LogP contribution in [0.25, 0.3) is 0 Å². The Morgan fingerprint density at radius 1 is 1.19 bits per heavy atom. The van der Waals surface area contributed by atoms with Crippen molar-refractivity contribution < 1.29 is 18.9 Å². The number of nitrogens with zero attached hydrogens (tertiary/aromatic N) is 3. The number of carbonyl (C=O) groups is 3. The fraction of sp³-hybridized carbons (Fsp3) is 0.684. The van der Waals surface area contributed by atoms with E-state index in [-0.39, 0.29) is 23.8 Å². The molecule has 2 saturated heterocycles. The average molecular weight is 361 g/mol. The lowest BCUT2D eigenvalue weighted by Gasteiger charge is -2.29. The first kappa shape index (κ1) is 18.6. The first-order chi connectivity index (χ1) is 12.5. The van der Waals surface area contributed by atoms with E-state index in [1.165, 1.54) is 0 Å². The molecule has 2 fully saturated rings. The largest absolute Gasteiger partial charge is 0.358 e. The smallest absolute Gasteiger partial charge is 0.234 e. The Kier molecular flexibility index (Phi) is 5.74. The number of rotatable bonds is 6. The lowest BCUT2D eigenvalue weighted by molar-refractivity contribution is -0.137. The van der Waals surface area contributed by atoms with Crippen LogP contribution in [0.5, 0.6) is 0 Å². The molecule has 0 spiro atoms. The van der Waals surface area contributed by atoms with E-state index in [0.717, 1.165) is 57.2 Å². The van der Waals surface area contributed by atoms with Crippen LogP contribution in [0.2, 0.25) is 0 Å². The molecule has 0 aliphatic carbocycles. The van der Waals surface area contributed by atoms with Gasteiger partial charge in [-0.3, -0.25) is 4.79 Å². The number of anilines is 1. The van der Waals surface area contributed by atoms with E-state index in [9.17, 15) is 14.4 Å². The number of likely N-dealkylation sites (tertiary alicyclic amines) is 1. The molecule has 0 radical (unpaired) electrons. The Morgan fingerprint density at radius 2 is 1.92 bits per heavy atom. The predicted molar refractivity (Wildman–Crippen MR) is 95.9 cm³/mol. The average Bonchev–Trinajstić information content (AvgIpc) is 3.31. The fourth-order valence-electron chi connectivity index (χ4n) is 3.96. The molecule has 2 aliphatic heterocycles. The van der Waals surface area contributed by atoms with Crippen molar-refractivity contribution in [2.24, 2.45) is 11.8 Å². The van der Waals surface area contributed by atoms with E-state index < -0.39 is 5.92 Å². The van der Waals surface area contributed by atoms with Gasteiger partial charge in [-0.25, -0.2) is 0 Å². The Balaban J connectivity index is 1.75. The zero-order chi connectivity index (χ0) is 18.7. The van der Waals surface area contributed by atoms with Crippen molar-refractivity contribution >= 4 is 24.3 Å². The Bertz CT molecular complexity index is 649. The van der Waals surface area contributed by atoms with Crippen LogP contribution in [0.4, 0.5) is 5.82 Å². The third-order valence-corrected chi connectivity index (χ3v) is 5.55. The maximum absolute atomic E-state index is 13.1. The van der Waals surface area contributed by atoms with Crippen LogP contribution in [0.1, 0.15) is 51.2 Å². The van der Waals surface area contributed by atoms with Gasteiger partial charge in [0, 0.05) is 31.6 Å². The predicted octanol–water partition coefficient (Wildman–Crippen LogP) is 2.02. The van der Waals surface area contributed by atoms with E-state index in [4.69, 9.17) is 4.52 Å². The molecule has 3 heterocycles. The highest BCUT2D eigenvalue weighted by Gasteiger charge is 2.37. The number of hydrogen-bond donors (Lipinski definition) is 0. The lowest BCUT2D eigenvalue weighted by atomic mass is 9.91. The maximum atomic E-state index is 13.1. The molecular formula is C19H27N3O4. The summed E-state index contributed by atoms with van der Waals surface area (Å²) in [4.78, 5) is 39.0. The summed E-state index contributed by atoms with van der Waals surface area (Å²) in [5.74, 6) is 0.932. The van der Waals surface area contributed by atoms with Gasteiger partial charge in [0.25, 0.3) is 0 Å². The van der Waals surface area contributed by atoms with Gasteiger partial charge >= 0.3 is 0 Å². The number of aldehydes is 2. The Morgan fingerprint density at radius 3 is 2.54 bits per heavy atom. The quantitative estimate of drug-likeness (QED) is 0.721. The lowest BCUT2D eigenvalue weighted by Crippen LogP contribution is -2.40. The zero-order valence-electron chi connectivity index (χ0n) is 15.5. The second-order valence-electron chi connectivity index (χ2n) is 7.65. The number of hydrogen-bond acceptors (Lipinski definition) is 6. The molecule has 7 heteroatoms. The molecule has 0 bridgehead atoms. The summed E-state index contributed by atoms with van der Waals surface area (Å²) in [5, 5.41) is 4.16. The summed E-state index contributed by atoms with van der Waals surface area (Å²) in [7, 11) is 0. The number of piperidine rings is 1. The molecule has 1 aromatic heterocycles. The minimum Gasteiger partial charge on any atom is -0.358 e. The molecule has 3 rings (SSSR count). The van der Waals surface area contributed by atoms with E-state index in [0.29, 0.717) is 12.3 Å². The summed E-state index contributed by atoms with van der Waals surface area (Å²) >= 11 is 0. The molecule has 0 aromatic carbocycles. The number of carbonyl (C=O) groups excluding carboxylic acids is 3. The molecule has 26 heavy (non-hydrogen) atoms.